The number of esters is 1. The first-order valence-electron chi connectivity index (χ1n) is 7.56. The van der Waals surface area contributed by atoms with Gasteiger partial charge in [-0.25, -0.2) is 4.79 Å². The highest BCUT2D eigenvalue weighted by Crippen LogP contribution is 2.38. The number of benzene rings is 2. The van der Waals surface area contributed by atoms with Crippen LogP contribution in [0.3, 0.4) is 0 Å². The average Bonchev–Trinajstić information content (AvgIpc) is 2.85. The molecule has 0 unspecified atom stereocenters. The molecule has 126 valence electrons. The van der Waals surface area contributed by atoms with E-state index in [9.17, 15) is 4.79 Å². The molecule has 0 atom stereocenters. The van der Waals surface area contributed by atoms with E-state index in [2.05, 4.69) is 0 Å². The summed E-state index contributed by atoms with van der Waals surface area (Å²) in [5, 5.41) is 0.446. The molecule has 0 aromatic heterocycles. The molecule has 0 amide bonds. The van der Waals surface area contributed by atoms with Crippen molar-refractivity contribution < 1.29 is 23.7 Å². The van der Waals surface area contributed by atoms with E-state index in [0.717, 1.165) is 12.0 Å². The summed E-state index contributed by atoms with van der Waals surface area (Å²) in [6, 6.07) is 10.3. The fourth-order valence-corrected chi connectivity index (χ4v) is 2.64. The molecular weight excluding hydrogens is 332 g/mol. The third-order valence-corrected chi connectivity index (χ3v) is 3.82. The lowest BCUT2D eigenvalue weighted by atomic mass is 10.2. The molecule has 0 radical (unpaired) electrons. The topological polar surface area (TPSA) is 54.0 Å². The monoisotopic (exact) mass is 348 g/mol. The summed E-state index contributed by atoms with van der Waals surface area (Å²) >= 11 is 6.23. The van der Waals surface area contributed by atoms with Crippen molar-refractivity contribution in [2.75, 3.05) is 20.3 Å². The molecule has 1 heterocycles. The summed E-state index contributed by atoms with van der Waals surface area (Å²) < 4.78 is 21.6. The van der Waals surface area contributed by atoms with Crippen LogP contribution in [0.2, 0.25) is 5.02 Å². The summed E-state index contributed by atoms with van der Waals surface area (Å²) in [4.78, 5) is 12.1. The molecule has 0 saturated carbocycles. The van der Waals surface area contributed by atoms with Crippen LogP contribution < -0.4 is 14.2 Å². The molecule has 0 fully saturated rings. The van der Waals surface area contributed by atoms with Crippen LogP contribution in [0.1, 0.15) is 22.3 Å². The lowest BCUT2D eigenvalue weighted by Crippen LogP contribution is -2.06. The van der Waals surface area contributed by atoms with Crippen molar-refractivity contribution in [2.45, 2.75) is 13.0 Å². The Morgan fingerprint density at radius 3 is 2.88 bits per heavy atom. The van der Waals surface area contributed by atoms with Crippen LogP contribution in [0.15, 0.2) is 36.4 Å². The quantitative estimate of drug-likeness (QED) is 0.785. The van der Waals surface area contributed by atoms with Crippen LogP contribution in [-0.2, 0) is 11.3 Å². The minimum atomic E-state index is -0.433. The zero-order valence-electron chi connectivity index (χ0n) is 13.2. The lowest BCUT2D eigenvalue weighted by Gasteiger charge is -2.12. The SMILES string of the molecule is COc1cccc(C(=O)OCc2cc(Cl)c3c(c2)OCCCO3)c1. The maximum atomic E-state index is 12.1. The highest BCUT2D eigenvalue weighted by atomic mass is 35.5. The van der Waals surface area contributed by atoms with Crippen LogP contribution in [-0.4, -0.2) is 26.3 Å². The number of ether oxygens (including phenoxy) is 4. The van der Waals surface area contributed by atoms with Crippen LogP contribution in [0.25, 0.3) is 0 Å². The van der Waals surface area contributed by atoms with Gasteiger partial charge in [0.25, 0.3) is 0 Å². The molecule has 2 aromatic rings. The molecule has 0 aliphatic carbocycles. The second-order valence-electron chi connectivity index (χ2n) is 5.26. The zero-order chi connectivity index (χ0) is 16.9. The smallest absolute Gasteiger partial charge is 0.338 e. The summed E-state index contributed by atoms with van der Waals surface area (Å²) in [7, 11) is 1.55. The average molecular weight is 349 g/mol. The molecule has 24 heavy (non-hydrogen) atoms. The summed E-state index contributed by atoms with van der Waals surface area (Å²) in [6.07, 6.45) is 0.797. The molecular formula is C18H17ClO5. The van der Waals surface area contributed by atoms with E-state index >= 15 is 0 Å². The van der Waals surface area contributed by atoms with Gasteiger partial charge in [-0.05, 0) is 35.9 Å². The zero-order valence-corrected chi connectivity index (χ0v) is 14.0. The Bertz CT molecular complexity index is 744. The molecule has 2 aromatic carbocycles. The maximum absolute atomic E-state index is 12.1. The number of carbonyl (C=O) groups is 1. The van der Waals surface area contributed by atoms with Gasteiger partial charge in [-0.2, -0.15) is 0 Å². The molecule has 0 saturated heterocycles. The third kappa shape index (κ3) is 3.74. The van der Waals surface area contributed by atoms with Crippen molar-refractivity contribution in [2.24, 2.45) is 0 Å². The van der Waals surface area contributed by atoms with Crippen LogP contribution in [0.5, 0.6) is 17.2 Å². The van der Waals surface area contributed by atoms with E-state index in [0.29, 0.717) is 41.0 Å². The Labute approximate surface area is 145 Å². The van der Waals surface area contributed by atoms with Gasteiger partial charge in [0.1, 0.15) is 12.4 Å². The molecule has 6 heteroatoms. The standard InChI is InChI=1S/C18H17ClO5/c1-21-14-5-2-4-13(10-14)18(20)24-11-12-8-15(19)17-16(9-12)22-6-3-7-23-17/h2,4-5,8-10H,3,6-7,11H2,1H3. The van der Waals surface area contributed by atoms with E-state index in [1.54, 1.807) is 43.5 Å². The van der Waals surface area contributed by atoms with Crippen LogP contribution in [0, 0.1) is 0 Å². The highest BCUT2D eigenvalue weighted by molar-refractivity contribution is 6.32. The first-order chi connectivity index (χ1) is 11.7. The molecule has 0 bridgehead atoms. The normalized spacial score (nSPS) is 13.1. The predicted octanol–water partition coefficient (Wildman–Crippen LogP) is 3.87. The van der Waals surface area contributed by atoms with E-state index in [1.165, 1.54) is 0 Å². The van der Waals surface area contributed by atoms with Gasteiger partial charge in [-0.3, -0.25) is 0 Å². The van der Waals surface area contributed by atoms with E-state index in [-0.39, 0.29) is 6.61 Å². The van der Waals surface area contributed by atoms with Crippen molar-refractivity contribution in [3.8, 4) is 17.2 Å². The molecule has 1 aliphatic heterocycles. The van der Waals surface area contributed by atoms with E-state index in [4.69, 9.17) is 30.5 Å². The van der Waals surface area contributed by atoms with Crippen LogP contribution >= 0.6 is 11.6 Å². The van der Waals surface area contributed by atoms with Gasteiger partial charge in [-0.1, -0.05) is 17.7 Å². The lowest BCUT2D eigenvalue weighted by molar-refractivity contribution is 0.0472. The number of rotatable bonds is 4. The van der Waals surface area contributed by atoms with Gasteiger partial charge < -0.3 is 18.9 Å². The minimum absolute atomic E-state index is 0.0897. The largest absolute Gasteiger partial charge is 0.497 e. The summed E-state index contributed by atoms with van der Waals surface area (Å²) in [5.74, 6) is 1.28. The van der Waals surface area contributed by atoms with E-state index in [1.807, 2.05) is 0 Å². The number of methoxy groups -OCH3 is 1. The second kappa shape index (κ2) is 7.45. The number of hydrogen-bond acceptors (Lipinski definition) is 5. The van der Waals surface area contributed by atoms with Crippen molar-refractivity contribution >= 4 is 17.6 Å². The van der Waals surface area contributed by atoms with Gasteiger partial charge in [0.15, 0.2) is 11.5 Å². The van der Waals surface area contributed by atoms with Crippen molar-refractivity contribution in [3.63, 3.8) is 0 Å². The number of carbonyl (C=O) groups excluding carboxylic acids is 1. The number of fused-ring (bicyclic) bond motifs is 1. The molecule has 0 N–H and O–H groups in total. The third-order valence-electron chi connectivity index (χ3n) is 3.54. The van der Waals surface area contributed by atoms with Gasteiger partial charge in [0, 0.05) is 6.42 Å². The molecule has 0 spiro atoms. The Balaban J connectivity index is 1.71. The minimum Gasteiger partial charge on any atom is -0.497 e. The Morgan fingerprint density at radius 1 is 1.21 bits per heavy atom. The summed E-state index contributed by atoms with van der Waals surface area (Å²) in [5.41, 5.74) is 1.16. The molecule has 3 rings (SSSR count). The first kappa shape index (κ1) is 16.5. The van der Waals surface area contributed by atoms with Crippen molar-refractivity contribution in [1.82, 2.24) is 0 Å². The second-order valence-corrected chi connectivity index (χ2v) is 5.67. The Morgan fingerprint density at radius 2 is 2.04 bits per heavy atom. The van der Waals surface area contributed by atoms with Gasteiger partial charge >= 0.3 is 5.97 Å². The van der Waals surface area contributed by atoms with E-state index < -0.39 is 5.97 Å². The van der Waals surface area contributed by atoms with Gasteiger partial charge in [0.05, 0.1) is 30.9 Å². The van der Waals surface area contributed by atoms with Crippen molar-refractivity contribution in [1.29, 1.82) is 0 Å². The molecule has 5 nitrogen and oxygen atoms in total. The fraction of sp³-hybridized carbons (Fsp3) is 0.278. The van der Waals surface area contributed by atoms with Crippen molar-refractivity contribution in [3.05, 3.63) is 52.5 Å². The number of halogens is 1. The maximum Gasteiger partial charge on any atom is 0.338 e. The predicted molar refractivity (Wildman–Crippen MR) is 89.2 cm³/mol. The van der Waals surface area contributed by atoms with Gasteiger partial charge in [0.2, 0.25) is 0 Å². The number of hydrogen-bond donors (Lipinski definition) is 0. The highest BCUT2D eigenvalue weighted by Gasteiger charge is 2.16. The Hall–Kier alpha value is -2.40. The van der Waals surface area contributed by atoms with Crippen LogP contribution in [0.4, 0.5) is 0 Å². The van der Waals surface area contributed by atoms with Gasteiger partial charge in [-0.15, -0.1) is 0 Å². The summed E-state index contributed by atoms with van der Waals surface area (Å²) in [6.45, 7) is 1.22. The fourth-order valence-electron chi connectivity index (χ4n) is 2.35. The first-order valence-corrected chi connectivity index (χ1v) is 7.94. The Kier molecular flexibility index (Phi) is 5.11. The molecule has 1 aliphatic rings.